The Kier molecular flexibility index (Phi) is 3.78. The van der Waals surface area contributed by atoms with Crippen LogP contribution in [0.5, 0.6) is 0 Å². The number of fused-ring (bicyclic) bond motifs is 3. The number of halogens is 1. The van der Waals surface area contributed by atoms with Gasteiger partial charge in [-0.1, -0.05) is 12.2 Å². The Hall–Kier alpha value is -0.650. The maximum absolute atomic E-state index is 5.67. The van der Waals surface area contributed by atoms with Crippen LogP contribution in [0, 0.1) is 5.92 Å². The van der Waals surface area contributed by atoms with E-state index >= 15 is 0 Å². The van der Waals surface area contributed by atoms with Gasteiger partial charge in [-0.25, -0.2) is 0 Å². The van der Waals surface area contributed by atoms with E-state index in [1.807, 2.05) is 6.07 Å². The highest BCUT2D eigenvalue weighted by atomic mass is 79.9. The third-order valence-electron chi connectivity index (χ3n) is 4.24. The van der Waals surface area contributed by atoms with E-state index in [0.717, 1.165) is 21.6 Å². The molecule has 3 heterocycles. The number of hydrogen-bond acceptors (Lipinski definition) is 3. The van der Waals surface area contributed by atoms with Gasteiger partial charge in [-0.2, -0.15) is 0 Å². The average molecular weight is 340 g/mol. The highest BCUT2D eigenvalue weighted by Crippen LogP contribution is 2.30. The number of thiocarbonyl (C=S) groups is 1. The van der Waals surface area contributed by atoms with Crippen LogP contribution in [0.15, 0.2) is 22.7 Å². The molecule has 1 unspecified atom stereocenters. The van der Waals surface area contributed by atoms with Gasteiger partial charge in [0, 0.05) is 28.3 Å². The molecule has 1 aromatic rings. The van der Waals surface area contributed by atoms with E-state index in [-0.39, 0.29) is 0 Å². The maximum Gasteiger partial charge on any atom is 0.105 e. The topological polar surface area (TPSA) is 41.3 Å². The molecule has 2 bridgehead atoms. The molecule has 3 nitrogen and oxygen atoms in total. The van der Waals surface area contributed by atoms with Crippen molar-refractivity contribution in [3.8, 4) is 0 Å². The highest BCUT2D eigenvalue weighted by molar-refractivity contribution is 9.10. The zero-order valence-corrected chi connectivity index (χ0v) is 13.1. The maximum atomic E-state index is 5.67. The van der Waals surface area contributed by atoms with Crippen molar-refractivity contribution in [2.45, 2.75) is 18.9 Å². The Morgan fingerprint density at radius 2 is 2.11 bits per heavy atom. The van der Waals surface area contributed by atoms with Crippen molar-refractivity contribution < 1.29 is 0 Å². The SMILES string of the molecule is NC(=S)c1ccc(NC2CN3CCC2CC3)cc1Br. The van der Waals surface area contributed by atoms with E-state index < -0.39 is 0 Å². The standard InChI is InChI=1S/C14H18BrN3S/c15-12-7-10(1-2-11(12)14(16)19)17-13-8-18-5-3-9(13)4-6-18/h1-2,7,9,13,17H,3-6,8H2,(H2,16,19). The fourth-order valence-electron chi connectivity index (χ4n) is 3.15. The molecular weight excluding hydrogens is 322 g/mol. The fourth-order valence-corrected chi connectivity index (χ4v) is 4.05. The van der Waals surface area contributed by atoms with Gasteiger partial charge < -0.3 is 16.0 Å². The predicted octanol–water partition coefficient (Wildman–Crippen LogP) is 2.59. The third-order valence-corrected chi connectivity index (χ3v) is 5.12. The highest BCUT2D eigenvalue weighted by Gasteiger charge is 2.33. The second-order valence-electron chi connectivity index (χ2n) is 5.45. The van der Waals surface area contributed by atoms with Gasteiger partial charge in [-0.05, 0) is 66.0 Å². The monoisotopic (exact) mass is 339 g/mol. The van der Waals surface area contributed by atoms with Gasteiger partial charge in [-0.15, -0.1) is 0 Å². The normalized spacial score (nSPS) is 29.2. The Bertz CT molecular complexity index is 497. The molecule has 102 valence electrons. The Morgan fingerprint density at radius 3 is 2.63 bits per heavy atom. The van der Waals surface area contributed by atoms with Gasteiger partial charge in [0.15, 0.2) is 0 Å². The summed E-state index contributed by atoms with van der Waals surface area (Å²) in [6.07, 6.45) is 2.65. The Labute approximate surface area is 127 Å². The molecule has 1 atom stereocenters. The van der Waals surface area contributed by atoms with Crippen LogP contribution in [0.25, 0.3) is 0 Å². The minimum absolute atomic E-state index is 0.432. The number of nitrogens with zero attached hydrogens (tertiary/aromatic N) is 1. The van der Waals surface area contributed by atoms with Gasteiger partial charge in [0.05, 0.1) is 0 Å². The second kappa shape index (κ2) is 5.38. The third kappa shape index (κ3) is 2.78. The first-order chi connectivity index (χ1) is 9.13. The molecule has 0 spiro atoms. The number of benzene rings is 1. The van der Waals surface area contributed by atoms with Gasteiger partial charge in [0.2, 0.25) is 0 Å². The first kappa shape index (κ1) is 13.3. The number of rotatable bonds is 3. The van der Waals surface area contributed by atoms with Gasteiger partial charge >= 0.3 is 0 Å². The largest absolute Gasteiger partial charge is 0.389 e. The zero-order valence-electron chi connectivity index (χ0n) is 10.7. The summed E-state index contributed by atoms with van der Waals surface area (Å²) < 4.78 is 0.964. The molecule has 3 aliphatic rings. The minimum atomic E-state index is 0.432. The lowest BCUT2D eigenvalue weighted by Crippen LogP contribution is -2.53. The lowest BCUT2D eigenvalue weighted by atomic mass is 9.84. The first-order valence-corrected chi connectivity index (χ1v) is 7.92. The summed E-state index contributed by atoms with van der Waals surface area (Å²) in [5, 5.41) is 3.66. The van der Waals surface area contributed by atoms with E-state index in [9.17, 15) is 0 Å². The van der Waals surface area contributed by atoms with Crippen molar-refractivity contribution >= 4 is 38.8 Å². The Morgan fingerprint density at radius 1 is 1.37 bits per heavy atom. The molecule has 3 fully saturated rings. The molecule has 3 saturated heterocycles. The first-order valence-electron chi connectivity index (χ1n) is 6.72. The van der Waals surface area contributed by atoms with Crippen molar-refractivity contribution in [1.29, 1.82) is 0 Å². The summed E-state index contributed by atoms with van der Waals surface area (Å²) in [6, 6.07) is 6.70. The van der Waals surface area contributed by atoms with Crippen molar-refractivity contribution in [1.82, 2.24) is 4.90 Å². The summed E-state index contributed by atoms with van der Waals surface area (Å²) in [5.74, 6) is 0.819. The van der Waals surface area contributed by atoms with E-state index in [1.165, 1.54) is 32.5 Å². The number of anilines is 1. The quantitative estimate of drug-likeness (QED) is 0.830. The molecule has 0 aliphatic carbocycles. The summed E-state index contributed by atoms with van der Waals surface area (Å²) >= 11 is 8.55. The molecule has 3 N–H and O–H groups in total. The van der Waals surface area contributed by atoms with Crippen LogP contribution in [0.4, 0.5) is 5.69 Å². The summed E-state index contributed by atoms with van der Waals surface area (Å²) in [5.41, 5.74) is 7.71. The molecule has 3 aliphatic heterocycles. The van der Waals surface area contributed by atoms with Crippen molar-refractivity contribution in [2.24, 2.45) is 11.7 Å². The molecule has 5 heteroatoms. The zero-order chi connectivity index (χ0) is 13.4. The number of nitrogens with two attached hydrogens (primary N) is 1. The average Bonchev–Trinajstić information content (AvgIpc) is 2.39. The summed E-state index contributed by atoms with van der Waals surface area (Å²) in [6.45, 7) is 3.71. The number of hydrogen-bond donors (Lipinski definition) is 2. The summed E-state index contributed by atoms with van der Waals surface area (Å²) in [7, 11) is 0. The number of piperidine rings is 3. The van der Waals surface area contributed by atoms with Crippen molar-refractivity contribution in [2.75, 3.05) is 25.0 Å². The van der Waals surface area contributed by atoms with Crippen LogP contribution in [0.3, 0.4) is 0 Å². The lowest BCUT2D eigenvalue weighted by molar-refractivity contribution is 0.0975. The Balaban J connectivity index is 1.73. The van der Waals surface area contributed by atoms with Crippen molar-refractivity contribution in [3.63, 3.8) is 0 Å². The molecular formula is C14H18BrN3S. The van der Waals surface area contributed by atoms with Gasteiger partial charge in [-0.3, -0.25) is 0 Å². The lowest BCUT2D eigenvalue weighted by Gasteiger charge is -2.45. The van der Waals surface area contributed by atoms with Gasteiger partial charge in [0.1, 0.15) is 4.99 Å². The van der Waals surface area contributed by atoms with Gasteiger partial charge in [0.25, 0.3) is 0 Å². The molecule has 0 amide bonds. The van der Waals surface area contributed by atoms with Crippen LogP contribution < -0.4 is 11.1 Å². The molecule has 0 saturated carbocycles. The minimum Gasteiger partial charge on any atom is -0.389 e. The van der Waals surface area contributed by atoms with Crippen LogP contribution in [-0.4, -0.2) is 35.6 Å². The van der Waals surface area contributed by atoms with Crippen LogP contribution in [-0.2, 0) is 0 Å². The number of nitrogens with one attached hydrogen (secondary N) is 1. The molecule has 0 radical (unpaired) electrons. The van der Waals surface area contributed by atoms with Crippen molar-refractivity contribution in [3.05, 3.63) is 28.2 Å². The molecule has 1 aromatic carbocycles. The second-order valence-corrected chi connectivity index (χ2v) is 6.74. The molecule has 0 aromatic heterocycles. The predicted molar refractivity (Wildman–Crippen MR) is 86.6 cm³/mol. The van der Waals surface area contributed by atoms with Crippen LogP contribution in [0.1, 0.15) is 18.4 Å². The summed E-state index contributed by atoms with van der Waals surface area (Å²) in [4.78, 5) is 2.98. The van der Waals surface area contributed by atoms with Crippen LogP contribution in [0.2, 0.25) is 0 Å². The smallest absolute Gasteiger partial charge is 0.105 e. The van der Waals surface area contributed by atoms with E-state index in [0.29, 0.717) is 11.0 Å². The molecule has 19 heavy (non-hydrogen) atoms. The molecule has 4 rings (SSSR count). The van der Waals surface area contributed by atoms with E-state index in [4.69, 9.17) is 18.0 Å². The van der Waals surface area contributed by atoms with E-state index in [2.05, 4.69) is 38.3 Å². The fraction of sp³-hybridized carbons (Fsp3) is 0.500. The van der Waals surface area contributed by atoms with Crippen LogP contribution >= 0.6 is 28.1 Å². The van der Waals surface area contributed by atoms with E-state index in [1.54, 1.807) is 0 Å².